The lowest BCUT2D eigenvalue weighted by Gasteiger charge is -2.62. The van der Waals surface area contributed by atoms with Gasteiger partial charge in [0.05, 0.1) is 17.1 Å². The van der Waals surface area contributed by atoms with E-state index in [9.17, 15) is 19.3 Å². The molecule has 2 aliphatic carbocycles. The summed E-state index contributed by atoms with van der Waals surface area (Å²) in [4.78, 5) is 27.9. The molecule has 1 saturated carbocycles. The van der Waals surface area contributed by atoms with Crippen molar-refractivity contribution in [3.63, 3.8) is 0 Å². The molecule has 4 aliphatic rings. The van der Waals surface area contributed by atoms with Crippen LogP contribution >= 0.6 is 7.52 Å². The van der Waals surface area contributed by atoms with Gasteiger partial charge in [0, 0.05) is 38.2 Å². The maximum atomic E-state index is 13.9. The van der Waals surface area contributed by atoms with Crippen molar-refractivity contribution in [3.8, 4) is 11.5 Å². The summed E-state index contributed by atoms with van der Waals surface area (Å²) >= 11 is 0. The zero-order valence-corrected chi connectivity index (χ0v) is 23.3. The number of aliphatic hydroxyl groups is 1. The van der Waals surface area contributed by atoms with E-state index in [1.165, 1.54) is 7.11 Å². The zero-order chi connectivity index (χ0) is 27.5. The Labute approximate surface area is 223 Å². The number of benzene rings is 1. The van der Waals surface area contributed by atoms with Crippen molar-refractivity contribution in [1.29, 1.82) is 0 Å². The van der Waals surface area contributed by atoms with Crippen LogP contribution in [0.15, 0.2) is 24.8 Å². The summed E-state index contributed by atoms with van der Waals surface area (Å²) < 4.78 is 36.7. The third-order valence-electron chi connectivity index (χ3n) is 8.36. The van der Waals surface area contributed by atoms with E-state index in [-0.39, 0.29) is 36.4 Å². The van der Waals surface area contributed by atoms with E-state index in [1.54, 1.807) is 26.8 Å². The summed E-state index contributed by atoms with van der Waals surface area (Å²) in [5.41, 5.74) is -0.300. The predicted octanol–water partition coefficient (Wildman–Crippen LogP) is 2.70. The van der Waals surface area contributed by atoms with Gasteiger partial charge in [-0.1, -0.05) is 12.1 Å². The van der Waals surface area contributed by atoms with Crippen molar-refractivity contribution in [1.82, 2.24) is 9.99 Å². The van der Waals surface area contributed by atoms with Crippen molar-refractivity contribution in [2.45, 2.75) is 81.8 Å². The Morgan fingerprint density at radius 1 is 1.37 bits per heavy atom. The van der Waals surface area contributed by atoms with Crippen LogP contribution in [0.1, 0.15) is 51.2 Å². The number of methoxy groups -OCH3 is 1. The monoisotopic (exact) mass is 548 g/mol. The summed E-state index contributed by atoms with van der Waals surface area (Å²) in [6.07, 6.45) is 2.07. The van der Waals surface area contributed by atoms with Crippen molar-refractivity contribution in [3.05, 3.63) is 35.9 Å². The fourth-order valence-electron chi connectivity index (χ4n) is 6.96. The summed E-state index contributed by atoms with van der Waals surface area (Å²) in [7, 11) is -2.39. The van der Waals surface area contributed by atoms with Gasteiger partial charge >= 0.3 is 13.5 Å². The average Bonchev–Trinajstić information content (AvgIpc) is 3.20. The topological polar surface area (TPSA) is 124 Å². The molecule has 2 heterocycles. The second-order valence-corrected chi connectivity index (χ2v) is 13.1. The van der Waals surface area contributed by atoms with Gasteiger partial charge in [-0.2, -0.15) is 0 Å². The lowest BCUT2D eigenvalue weighted by molar-refractivity contribution is -0.187. The first-order chi connectivity index (χ1) is 18.0. The number of ketones is 1. The molecule has 0 radical (unpaired) electrons. The summed E-state index contributed by atoms with van der Waals surface area (Å²) in [6.45, 7) is 10.2. The van der Waals surface area contributed by atoms with E-state index in [0.29, 0.717) is 38.1 Å². The minimum Gasteiger partial charge on any atom is -0.477 e. The van der Waals surface area contributed by atoms with Crippen LogP contribution in [-0.2, 0) is 35.5 Å². The molecule has 2 fully saturated rings. The van der Waals surface area contributed by atoms with Crippen LogP contribution in [0.25, 0.3) is 0 Å². The molecule has 0 amide bonds. The molecule has 1 unspecified atom stereocenters. The van der Waals surface area contributed by atoms with E-state index in [4.69, 9.17) is 18.7 Å². The van der Waals surface area contributed by atoms with E-state index >= 15 is 0 Å². The van der Waals surface area contributed by atoms with E-state index in [1.807, 2.05) is 12.1 Å². The van der Waals surface area contributed by atoms with Crippen LogP contribution in [0.4, 0.5) is 0 Å². The van der Waals surface area contributed by atoms with Gasteiger partial charge in [-0.3, -0.25) is 19.1 Å². The Kier molecular flexibility index (Phi) is 7.02. The number of carbonyl (C=O) groups is 2. The van der Waals surface area contributed by atoms with Crippen molar-refractivity contribution in [2.24, 2.45) is 0 Å². The largest absolute Gasteiger partial charge is 0.477 e. The lowest BCUT2D eigenvalue weighted by atomic mass is 9.49. The van der Waals surface area contributed by atoms with Crippen LogP contribution < -0.4 is 14.3 Å². The number of likely N-dealkylation sites (tertiary alicyclic amines) is 1. The first-order valence-corrected chi connectivity index (χ1v) is 15.0. The van der Waals surface area contributed by atoms with Crippen molar-refractivity contribution >= 4 is 19.3 Å². The number of Topliss-reactive ketones (excluding diaryl/α,β-unsaturated/α-hetero) is 1. The van der Waals surface area contributed by atoms with E-state index < -0.39 is 36.7 Å². The van der Waals surface area contributed by atoms with Gasteiger partial charge in [-0.15, -0.1) is 6.58 Å². The standard InChI is InChI=1S/C27H37N2O8P/c1-6-12-29-13-11-26-22-18-7-8-20(37-38(33,15-34-5)28-17(4)25(31)35-16(2)3)23(22)36-24(26)19(30)9-10-27(26,32)21(29)14-18/h6-8,16-17,21,24,32H,1,9-15H2,2-5H3,(H,28,33)/t17-,21+,24-,26-,27+,38?/m0/s1. The van der Waals surface area contributed by atoms with Gasteiger partial charge in [0.25, 0.3) is 0 Å². The fraction of sp³-hybridized carbons (Fsp3) is 0.630. The minimum atomic E-state index is -3.78. The quantitative estimate of drug-likeness (QED) is 0.256. The molecule has 208 valence electrons. The van der Waals surface area contributed by atoms with E-state index in [0.717, 1.165) is 11.1 Å². The highest BCUT2D eigenvalue weighted by Crippen LogP contribution is 2.65. The van der Waals surface area contributed by atoms with Crippen LogP contribution in [0.2, 0.25) is 0 Å². The minimum absolute atomic E-state index is 0.0520. The van der Waals surface area contributed by atoms with E-state index in [2.05, 4.69) is 16.6 Å². The molecule has 11 heteroatoms. The Morgan fingerprint density at radius 3 is 2.82 bits per heavy atom. The molecule has 2 aliphatic heterocycles. The highest BCUT2D eigenvalue weighted by Gasteiger charge is 2.73. The van der Waals surface area contributed by atoms with Gasteiger partial charge in [-0.05, 0) is 51.7 Å². The molecule has 38 heavy (non-hydrogen) atoms. The third kappa shape index (κ3) is 4.04. The maximum absolute atomic E-state index is 13.9. The number of rotatable bonds is 10. The van der Waals surface area contributed by atoms with Crippen LogP contribution in [0, 0.1) is 0 Å². The average molecular weight is 549 g/mol. The molecule has 1 saturated heterocycles. The molecular formula is C27H37N2O8P. The third-order valence-corrected chi connectivity index (χ3v) is 10.2. The number of nitrogens with zero attached hydrogens (tertiary/aromatic N) is 1. The molecule has 1 spiro atoms. The number of hydrogen-bond donors (Lipinski definition) is 2. The number of hydrogen-bond acceptors (Lipinski definition) is 9. The molecule has 2 bridgehead atoms. The maximum Gasteiger partial charge on any atom is 0.342 e. The number of carbonyl (C=O) groups excluding carboxylic acids is 2. The molecule has 2 N–H and O–H groups in total. The van der Waals surface area contributed by atoms with Gasteiger partial charge < -0.3 is 23.8 Å². The Bertz CT molecular complexity index is 1200. The predicted molar refractivity (Wildman–Crippen MR) is 140 cm³/mol. The van der Waals surface area contributed by atoms with Crippen molar-refractivity contribution in [2.75, 3.05) is 26.5 Å². The molecular weight excluding hydrogens is 511 g/mol. The molecule has 10 nitrogen and oxygen atoms in total. The molecule has 5 rings (SSSR count). The summed E-state index contributed by atoms with van der Waals surface area (Å²) in [5, 5.41) is 15.1. The number of esters is 1. The Balaban J connectivity index is 1.54. The number of nitrogens with one attached hydrogen (secondary N) is 1. The van der Waals surface area contributed by atoms with Gasteiger partial charge in [0.1, 0.15) is 12.4 Å². The smallest absolute Gasteiger partial charge is 0.342 e. The summed E-state index contributed by atoms with van der Waals surface area (Å²) in [5.74, 6) is -0.0906. The van der Waals surface area contributed by atoms with Crippen LogP contribution in [0.5, 0.6) is 11.5 Å². The molecule has 0 aromatic heterocycles. The number of ether oxygens (including phenoxy) is 3. The fourth-order valence-corrected chi connectivity index (χ4v) is 8.64. The zero-order valence-electron chi connectivity index (χ0n) is 22.4. The SMILES string of the molecule is C=CCN1CC[C@]23c4c5ccc(OP(=O)(COC)N[C@@H](C)C(=O)OC(C)C)c4O[C@H]2C(=O)CC[C@@]3(O)[C@H]1C5. The first-order valence-electron chi connectivity index (χ1n) is 13.2. The Morgan fingerprint density at radius 2 is 2.13 bits per heavy atom. The second kappa shape index (κ2) is 9.75. The second-order valence-electron chi connectivity index (χ2n) is 11.1. The highest BCUT2D eigenvalue weighted by atomic mass is 31.2. The summed E-state index contributed by atoms with van der Waals surface area (Å²) in [6, 6.07) is 2.49. The van der Waals surface area contributed by atoms with Crippen molar-refractivity contribution < 1.29 is 38.0 Å². The van der Waals surface area contributed by atoms with Gasteiger partial charge in [0.2, 0.25) is 0 Å². The molecule has 1 aromatic rings. The molecule has 1 aromatic carbocycles. The lowest BCUT2D eigenvalue weighted by Crippen LogP contribution is -2.76. The van der Waals surface area contributed by atoms with Gasteiger partial charge in [-0.25, -0.2) is 5.09 Å². The highest BCUT2D eigenvalue weighted by molar-refractivity contribution is 7.57. The van der Waals surface area contributed by atoms with Crippen LogP contribution in [-0.4, -0.2) is 78.2 Å². The molecule has 6 atom stereocenters. The van der Waals surface area contributed by atoms with Gasteiger partial charge in [0.15, 0.2) is 23.4 Å². The number of piperidine rings is 1. The normalized spacial score (nSPS) is 31.7. The van der Waals surface area contributed by atoms with Crippen LogP contribution in [0.3, 0.4) is 0 Å². The Hall–Kier alpha value is -2.23. The first kappa shape index (κ1) is 27.3.